The third-order valence-corrected chi connectivity index (χ3v) is 6.38. The number of nitrogens with zero attached hydrogens (tertiary/aromatic N) is 5. The molecule has 0 saturated carbocycles. The van der Waals surface area contributed by atoms with Crippen molar-refractivity contribution in [3.8, 4) is 22.7 Å². The molecule has 10 nitrogen and oxygen atoms in total. The average molecular weight is 568 g/mol. The van der Waals surface area contributed by atoms with E-state index in [1.54, 1.807) is 54.5 Å². The summed E-state index contributed by atoms with van der Waals surface area (Å²) in [6.45, 7) is 1.98. The molecule has 2 aromatic carbocycles. The Balaban J connectivity index is 0.000000241. The van der Waals surface area contributed by atoms with Gasteiger partial charge in [0.05, 0.1) is 18.2 Å². The van der Waals surface area contributed by atoms with Crippen molar-refractivity contribution in [3.05, 3.63) is 113 Å². The summed E-state index contributed by atoms with van der Waals surface area (Å²) >= 11 is 0. The van der Waals surface area contributed by atoms with Crippen LogP contribution in [-0.2, 0) is 6.42 Å². The normalized spacial score (nSPS) is 10.4. The van der Waals surface area contributed by atoms with Gasteiger partial charge in [-0.3, -0.25) is 14.2 Å². The fourth-order valence-corrected chi connectivity index (χ4v) is 4.54. The first-order valence-electron chi connectivity index (χ1n) is 13.0. The Morgan fingerprint density at radius 1 is 1.00 bits per heavy atom. The number of carbonyl (C=O) groups excluding carboxylic acids is 1. The molecule has 4 heterocycles. The number of pyridine rings is 2. The van der Waals surface area contributed by atoms with Crippen molar-refractivity contribution >= 4 is 28.5 Å². The molecule has 4 N–H and O–H groups in total. The lowest BCUT2D eigenvalue weighted by atomic mass is 9.99. The lowest BCUT2D eigenvalue weighted by Crippen LogP contribution is -2.22. The summed E-state index contributed by atoms with van der Waals surface area (Å²) in [5, 5.41) is 5.32. The maximum Gasteiger partial charge on any atom is 0.263 e. The highest BCUT2D eigenvalue weighted by Crippen LogP contribution is 2.29. The predicted octanol–water partition coefficient (Wildman–Crippen LogP) is 4.46. The zero-order chi connectivity index (χ0) is 30.2. The summed E-state index contributed by atoms with van der Waals surface area (Å²) in [5.74, 6) is 0.313. The summed E-state index contributed by atoms with van der Waals surface area (Å²) in [4.78, 5) is 32.2. The summed E-state index contributed by atoms with van der Waals surface area (Å²) in [6, 6.07) is 19.2. The van der Waals surface area contributed by atoms with Crippen molar-refractivity contribution in [1.29, 1.82) is 0 Å². The Morgan fingerprint density at radius 2 is 1.79 bits per heavy atom. The number of ether oxygens (including phenoxy) is 1. The van der Waals surface area contributed by atoms with Crippen molar-refractivity contribution in [2.24, 2.45) is 5.73 Å². The SMILES string of the molecule is CCc1cc2cccc(-c3ccnc(OC)c3)c2c(=O)n1-c1cccc(F)c1.CN.Nc1nn2cccnc2c1C=O. The van der Waals surface area contributed by atoms with E-state index >= 15 is 0 Å². The second kappa shape index (κ2) is 13.3. The summed E-state index contributed by atoms with van der Waals surface area (Å²) in [6.07, 6.45) is 6.23. The standard InChI is InChI=1S/C23H19FN2O2.C7H6N4O.CH5N/c1-3-18-12-16-6-4-9-20(15-10-11-25-21(13-15)28-2)22(16)23(27)26(18)19-8-5-7-17(24)14-19;8-6-5(4-12)7-9-2-1-3-11(7)10-6;1-2/h4-14H,3H2,1-2H3;1-4H,(H2,8,10);2H2,1H3. The van der Waals surface area contributed by atoms with E-state index in [9.17, 15) is 14.0 Å². The Labute approximate surface area is 241 Å². The number of fused-ring (bicyclic) bond motifs is 2. The number of benzene rings is 2. The second-order valence-corrected chi connectivity index (χ2v) is 8.77. The minimum atomic E-state index is -0.376. The molecule has 0 radical (unpaired) electrons. The molecule has 4 aromatic heterocycles. The zero-order valence-corrected chi connectivity index (χ0v) is 23.4. The molecule has 0 amide bonds. The molecule has 42 heavy (non-hydrogen) atoms. The molecule has 6 rings (SSSR count). The molecular weight excluding hydrogens is 537 g/mol. The molecule has 0 atom stereocenters. The van der Waals surface area contributed by atoms with Crippen LogP contribution in [0.4, 0.5) is 10.2 Å². The number of aldehydes is 1. The quantitative estimate of drug-likeness (QED) is 0.291. The van der Waals surface area contributed by atoms with Gasteiger partial charge in [-0.2, -0.15) is 0 Å². The number of aryl methyl sites for hydroxylation is 1. The first kappa shape index (κ1) is 29.6. The van der Waals surface area contributed by atoms with Gasteiger partial charge in [0.25, 0.3) is 5.56 Å². The maximum atomic E-state index is 13.8. The van der Waals surface area contributed by atoms with Crippen LogP contribution in [0.15, 0.2) is 90.1 Å². The molecule has 0 aliphatic carbocycles. The smallest absolute Gasteiger partial charge is 0.263 e. The van der Waals surface area contributed by atoms with Crippen LogP contribution in [-0.4, -0.2) is 44.6 Å². The van der Waals surface area contributed by atoms with Gasteiger partial charge in [-0.25, -0.2) is 18.9 Å². The fourth-order valence-electron chi connectivity index (χ4n) is 4.54. The van der Waals surface area contributed by atoms with Gasteiger partial charge >= 0.3 is 0 Å². The van der Waals surface area contributed by atoms with E-state index in [0.717, 1.165) is 22.2 Å². The Kier molecular flexibility index (Phi) is 9.35. The van der Waals surface area contributed by atoms with Gasteiger partial charge in [-0.1, -0.05) is 31.2 Å². The third-order valence-electron chi connectivity index (χ3n) is 6.38. The van der Waals surface area contributed by atoms with Crippen LogP contribution in [0.25, 0.3) is 33.2 Å². The van der Waals surface area contributed by atoms with Crippen molar-refractivity contribution in [1.82, 2.24) is 24.1 Å². The van der Waals surface area contributed by atoms with Crippen LogP contribution < -0.4 is 21.8 Å². The van der Waals surface area contributed by atoms with Gasteiger partial charge in [0.1, 0.15) is 11.4 Å². The topological polar surface area (TPSA) is 143 Å². The predicted molar refractivity (Wildman–Crippen MR) is 162 cm³/mol. The largest absolute Gasteiger partial charge is 0.481 e. The average Bonchev–Trinajstić information content (AvgIpc) is 3.36. The first-order valence-corrected chi connectivity index (χ1v) is 13.0. The highest BCUT2D eigenvalue weighted by molar-refractivity contribution is 5.96. The molecule has 0 unspecified atom stereocenters. The van der Waals surface area contributed by atoms with E-state index in [2.05, 4.69) is 20.8 Å². The minimum Gasteiger partial charge on any atom is -0.481 e. The number of methoxy groups -OCH3 is 1. The Bertz CT molecular complexity index is 1920. The number of hydrogen-bond acceptors (Lipinski definition) is 8. The van der Waals surface area contributed by atoms with Crippen molar-refractivity contribution in [2.75, 3.05) is 19.9 Å². The number of nitrogens with two attached hydrogens (primary N) is 2. The zero-order valence-electron chi connectivity index (χ0n) is 23.4. The molecule has 0 saturated heterocycles. The Hall–Kier alpha value is -5.42. The van der Waals surface area contributed by atoms with Gasteiger partial charge in [-0.15, -0.1) is 5.10 Å². The molecule has 6 aromatic rings. The monoisotopic (exact) mass is 567 g/mol. The molecule has 11 heteroatoms. The molecule has 214 valence electrons. The molecule has 0 fully saturated rings. The van der Waals surface area contributed by atoms with E-state index in [1.807, 2.05) is 37.3 Å². The lowest BCUT2D eigenvalue weighted by Gasteiger charge is -2.15. The summed E-state index contributed by atoms with van der Waals surface area (Å²) in [7, 11) is 3.06. The number of hydrogen-bond donors (Lipinski definition) is 2. The van der Waals surface area contributed by atoms with Crippen LogP contribution in [0.1, 0.15) is 23.0 Å². The van der Waals surface area contributed by atoms with E-state index in [4.69, 9.17) is 10.5 Å². The van der Waals surface area contributed by atoms with Gasteiger partial charge in [0, 0.05) is 30.4 Å². The van der Waals surface area contributed by atoms with Crippen LogP contribution in [0.2, 0.25) is 0 Å². The summed E-state index contributed by atoms with van der Waals surface area (Å²) in [5.41, 5.74) is 13.6. The highest BCUT2D eigenvalue weighted by Gasteiger charge is 2.15. The van der Waals surface area contributed by atoms with Crippen molar-refractivity contribution < 1.29 is 13.9 Å². The fraction of sp³-hybridized carbons (Fsp3) is 0.129. The first-order chi connectivity index (χ1) is 20.4. The number of carbonyl (C=O) groups is 1. The number of nitrogen functional groups attached to an aromatic ring is 1. The van der Waals surface area contributed by atoms with E-state index in [1.165, 1.54) is 23.7 Å². The number of aromatic nitrogens is 5. The van der Waals surface area contributed by atoms with Crippen LogP contribution in [0.5, 0.6) is 5.88 Å². The van der Waals surface area contributed by atoms with Crippen LogP contribution in [0.3, 0.4) is 0 Å². The molecular formula is C31H30FN7O3. The highest BCUT2D eigenvalue weighted by atomic mass is 19.1. The summed E-state index contributed by atoms with van der Waals surface area (Å²) < 4.78 is 22.1. The van der Waals surface area contributed by atoms with E-state index in [0.29, 0.717) is 40.9 Å². The number of anilines is 1. The van der Waals surface area contributed by atoms with Crippen molar-refractivity contribution in [2.45, 2.75) is 13.3 Å². The van der Waals surface area contributed by atoms with Crippen molar-refractivity contribution in [3.63, 3.8) is 0 Å². The van der Waals surface area contributed by atoms with Gasteiger partial charge < -0.3 is 16.2 Å². The van der Waals surface area contributed by atoms with Crippen LogP contribution in [0, 0.1) is 5.82 Å². The number of halogens is 1. The lowest BCUT2D eigenvalue weighted by molar-refractivity contribution is 0.112. The van der Waals surface area contributed by atoms with Gasteiger partial charge in [0.2, 0.25) is 5.88 Å². The van der Waals surface area contributed by atoms with Gasteiger partial charge in [0.15, 0.2) is 17.8 Å². The minimum absolute atomic E-state index is 0.175. The number of rotatable bonds is 5. The van der Waals surface area contributed by atoms with E-state index in [-0.39, 0.29) is 17.2 Å². The Morgan fingerprint density at radius 3 is 2.50 bits per heavy atom. The van der Waals surface area contributed by atoms with Crippen LogP contribution >= 0.6 is 0 Å². The third kappa shape index (κ3) is 5.86. The van der Waals surface area contributed by atoms with E-state index < -0.39 is 0 Å². The molecule has 0 bridgehead atoms. The van der Waals surface area contributed by atoms with Gasteiger partial charge in [-0.05, 0) is 66.4 Å². The molecule has 0 aliphatic rings. The molecule has 0 aliphatic heterocycles. The maximum absolute atomic E-state index is 13.8. The second-order valence-electron chi connectivity index (χ2n) is 8.77. The molecule has 0 spiro atoms.